The predicted octanol–water partition coefficient (Wildman–Crippen LogP) is 5.02. The van der Waals surface area contributed by atoms with Gasteiger partial charge in [0, 0.05) is 36.2 Å². The number of nitrogens with zero attached hydrogens (tertiary/aromatic N) is 1. The highest BCUT2D eigenvalue weighted by molar-refractivity contribution is 6.04. The van der Waals surface area contributed by atoms with Crippen molar-refractivity contribution >= 4 is 29.0 Å². The Hall–Kier alpha value is -3.02. The van der Waals surface area contributed by atoms with E-state index in [1.54, 1.807) is 6.07 Å². The first-order valence-corrected chi connectivity index (χ1v) is 11.4. The summed E-state index contributed by atoms with van der Waals surface area (Å²) in [6.07, 6.45) is 5.18. The number of piperidine rings is 1. The van der Waals surface area contributed by atoms with E-state index in [0.717, 1.165) is 68.0 Å². The molecule has 164 valence electrons. The van der Waals surface area contributed by atoms with Crippen LogP contribution in [0, 0.1) is 5.92 Å². The largest absolute Gasteiger partial charge is 0.371 e. The van der Waals surface area contributed by atoms with Crippen molar-refractivity contribution in [1.82, 2.24) is 5.32 Å². The van der Waals surface area contributed by atoms with Crippen LogP contribution in [0.5, 0.6) is 0 Å². The summed E-state index contributed by atoms with van der Waals surface area (Å²) in [5.41, 5.74) is 4.08. The zero-order chi connectivity index (χ0) is 21.8. The van der Waals surface area contributed by atoms with Crippen molar-refractivity contribution in [3.8, 4) is 0 Å². The SMILES string of the molecule is CCc1ccccc1NC(=O)Nc1ccc(N2CCC(C)CC2)c(C(=O)NC2CC2)c1. The van der Waals surface area contributed by atoms with Crippen molar-refractivity contribution < 1.29 is 9.59 Å². The van der Waals surface area contributed by atoms with Crippen LogP contribution >= 0.6 is 0 Å². The van der Waals surface area contributed by atoms with Gasteiger partial charge in [0.2, 0.25) is 0 Å². The van der Waals surface area contributed by atoms with Crippen LogP contribution in [0.25, 0.3) is 0 Å². The second kappa shape index (κ2) is 9.41. The highest BCUT2D eigenvalue weighted by atomic mass is 16.2. The zero-order valence-electron chi connectivity index (χ0n) is 18.4. The van der Waals surface area contributed by atoms with Crippen molar-refractivity contribution in [3.63, 3.8) is 0 Å². The van der Waals surface area contributed by atoms with Gasteiger partial charge in [-0.15, -0.1) is 0 Å². The number of nitrogens with one attached hydrogen (secondary N) is 3. The van der Waals surface area contributed by atoms with Gasteiger partial charge in [0.25, 0.3) is 5.91 Å². The fourth-order valence-electron chi connectivity index (χ4n) is 4.05. The Kier molecular flexibility index (Phi) is 6.44. The zero-order valence-corrected chi connectivity index (χ0v) is 18.4. The number of para-hydroxylation sites is 1. The van der Waals surface area contributed by atoms with Crippen LogP contribution in [-0.4, -0.2) is 31.1 Å². The first kappa shape index (κ1) is 21.2. The molecule has 2 aromatic carbocycles. The topological polar surface area (TPSA) is 73.5 Å². The van der Waals surface area contributed by atoms with Crippen LogP contribution in [0.4, 0.5) is 21.9 Å². The summed E-state index contributed by atoms with van der Waals surface area (Å²) in [7, 11) is 0. The minimum absolute atomic E-state index is 0.0588. The van der Waals surface area contributed by atoms with Crippen molar-refractivity contribution in [1.29, 1.82) is 0 Å². The first-order valence-electron chi connectivity index (χ1n) is 11.4. The molecule has 4 rings (SSSR count). The van der Waals surface area contributed by atoms with Gasteiger partial charge >= 0.3 is 6.03 Å². The molecule has 3 N–H and O–H groups in total. The van der Waals surface area contributed by atoms with Crippen LogP contribution in [0.3, 0.4) is 0 Å². The van der Waals surface area contributed by atoms with E-state index in [-0.39, 0.29) is 18.0 Å². The smallest absolute Gasteiger partial charge is 0.323 e. The van der Waals surface area contributed by atoms with Gasteiger partial charge in [-0.3, -0.25) is 4.79 Å². The van der Waals surface area contributed by atoms with Crippen LogP contribution < -0.4 is 20.9 Å². The number of carbonyl (C=O) groups excluding carboxylic acids is 2. The number of amides is 3. The number of hydrogen-bond acceptors (Lipinski definition) is 3. The van der Waals surface area contributed by atoms with Gasteiger partial charge in [-0.25, -0.2) is 4.79 Å². The monoisotopic (exact) mass is 420 g/mol. The summed E-state index contributed by atoms with van der Waals surface area (Å²) >= 11 is 0. The number of carbonyl (C=O) groups is 2. The average molecular weight is 421 g/mol. The molecule has 6 heteroatoms. The lowest BCUT2D eigenvalue weighted by Crippen LogP contribution is -2.35. The van der Waals surface area contributed by atoms with E-state index in [0.29, 0.717) is 11.3 Å². The minimum atomic E-state index is -0.311. The van der Waals surface area contributed by atoms with E-state index >= 15 is 0 Å². The van der Waals surface area contributed by atoms with Gasteiger partial charge in [-0.1, -0.05) is 32.0 Å². The molecule has 0 atom stereocenters. The molecule has 0 bridgehead atoms. The van der Waals surface area contributed by atoms with Gasteiger partial charge in [0.15, 0.2) is 0 Å². The highest BCUT2D eigenvalue weighted by Gasteiger charge is 2.27. The maximum Gasteiger partial charge on any atom is 0.323 e. The quantitative estimate of drug-likeness (QED) is 0.614. The van der Waals surface area contributed by atoms with Gasteiger partial charge in [0.05, 0.1) is 5.56 Å². The summed E-state index contributed by atoms with van der Waals surface area (Å²) in [5, 5.41) is 8.92. The lowest BCUT2D eigenvalue weighted by Gasteiger charge is -2.33. The molecule has 6 nitrogen and oxygen atoms in total. The molecular formula is C25H32N4O2. The van der Waals surface area contributed by atoms with E-state index in [1.807, 2.05) is 36.4 Å². The molecule has 31 heavy (non-hydrogen) atoms. The van der Waals surface area contributed by atoms with Crippen molar-refractivity contribution in [2.75, 3.05) is 28.6 Å². The lowest BCUT2D eigenvalue weighted by atomic mass is 9.98. The molecule has 1 aliphatic carbocycles. The maximum absolute atomic E-state index is 13.0. The average Bonchev–Trinajstić information content (AvgIpc) is 3.58. The van der Waals surface area contributed by atoms with Gasteiger partial charge < -0.3 is 20.9 Å². The molecule has 1 saturated heterocycles. The standard InChI is InChI=1S/C25H32N4O2/c1-3-18-6-4-5-7-22(18)28-25(31)27-20-10-11-23(29-14-12-17(2)13-15-29)21(16-20)24(30)26-19-8-9-19/h4-7,10-11,16-17,19H,3,8-9,12-15H2,1-2H3,(H,26,30)(H2,27,28,31). The lowest BCUT2D eigenvalue weighted by molar-refractivity contribution is 0.0951. The third kappa shape index (κ3) is 5.37. The molecular weight excluding hydrogens is 388 g/mol. The van der Waals surface area contributed by atoms with Gasteiger partial charge in [-0.2, -0.15) is 0 Å². The third-order valence-corrected chi connectivity index (χ3v) is 6.18. The number of anilines is 3. The van der Waals surface area contributed by atoms with Crippen LogP contribution in [0.2, 0.25) is 0 Å². The molecule has 3 amide bonds. The molecule has 2 aromatic rings. The Labute approximate surface area is 184 Å². The Balaban J connectivity index is 1.52. The minimum Gasteiger partial charge on any atom is -0.371 e. The van der Waals surface area contributed by atoms with Gasteiger partial charge in [0.1, 0.15) is 0 Å². The first-order chi connectivity index (χ1) is 15.0. The third-order valence-electron chi connectivity index (χ3n) is 6.18. The van der Waals surface area contributed by atoms with Crippen molar-refractivity contribution in [2.24, 2.45) is 5.92 Å². The second-order valence-electron chi connectivity index (χ2n) is 8.74. The predicted molar refractivity (Wildman–Crippen MR) is 126 cm³/mol. The Bertz CT molecular complexity index is 946. The van der Waals surface area contributed by atoms with Gasteiger partial charge in [-0.05, 0) is 67.9 Å². The van der Waals surface area contributed by atoms with E-state index in [2.05, 4.69) is 34.7 Å². The van der Waals surface area contributed by atoms with E-state index in [1.165, 1.54) is 0 Å². The molecule has 0 radical (unpaired) electrons. The molecule has 2 fully saturated rings. The normalized spacial score (nSPS) is 16.6. The highest BCUT2D eigenvalue weighted by Crippen LogP contribution is 2.30. The number of urea groups is 1. The van der Waals surface area contributed by atoms with E-state index < -0.39 is 0 Å². The summed E-state index contributed by atoms with van der Waals surface area (Å²) in [6, 6.07) is 13.4. The molecule has 1 saturated carbocycles. The molecule has 0 unspecified atom stereocenters. The Morgan fingerprint density at radius 2 is 1.74 bits per heavy atom. The fraction of sp³-hybridized carbons (Fsp3) is 0.440. The maximum atomic E-state index is 13.0. The summed E-state index contributed by atoms with van der Waals surface area (Å²) in [5.74, 6) is 0.659. The van der Waals surface area contributed by atoms with E-state index in [9.17, 15) is 9.59 Å². The van der Waals surface area contributed by atoms with Crippen LogP contribution in [0.15, 0.2) is 42.5 Å². The second-order valence-corrected chi connectivity index (χ2v) is 8.74. The molecule has 1 aliphatic heterocycles. The molecule has 0 spiro atoms. The summed E-state index contributed by atoms with van der Waals surface area (Å²) in [4.78, 5) is 27.9. The molecule has 1 heterocycles. The summed E-state index contributed by atoms with van der Waals surface area (Å²) in [6.45, 7) is 6.24. The van der Waals surface area contributed by atoms with Crippen LogP contribution in [0.1, 0.15) is 55.5 Å². The number of rotatable bonds is 6. The fourth-order valence-corrected chi connectivity index (χ4v) is 4.05. The van der Waals surface area contributed by atoms with Crippen molar-refractivity contribution in [3.05, 3.63) is 53.6 Å². The van der Waals surface area contributed by atoms with Crippen LogP contribution in [-0.2, 0) is 6.42 Å². The number of hydrogen-bond donors (Lipinski definition) is 3. The Morgan fingerprint density at radius 3 is 2.45 bits per heavy atom. The Morgan fingerprint density at radius 1 is 1.00 bits per heavy atom. The number of benzene rings is 2. The number of aryl methyl sites for hydroxylation is 1. The molecule has 0 aromatic heterocycles. The van der Waals surface area contributed by atoms with E-state index in [4.69, 9.17) is 0 Å². The molecule has 2 aliphatic rings. The van der Waals surface area contributed by atoms with Crippen molar-refractivity contribution in [2.45, 2.75) is 52.0 Å². The summed E-state index contributed by atoms with van der Waals surface area (Å²) < 4.78 is 0.